The minimum atomic E-state index is -1.02. The number of carbonyl (C=O) groups excluding carboxylic acids is 1. The quantitative estimate of drug-likeness (QED) is 0.787. The number of benzene rings is 1. The Labute approximate surface area is 108 Å². The first-order chi connectivity index (χ1) is 8.45. The monoisotopic (exact) mass is 251 g/mol. The normalized spacial score (nSPS) is 15.6. The molecule has 2 N–H and O–H groups in total. The Morgan fingerprint density at radius 2 is 2.00 bits per heavy atom. The van der Waals surface area contributed by atoms with E-state index in [2.05, 4.69) is 0 Å². The highest BCUT2D eigenvalue weighted by molar-refractivity contribution is 5.80. The fraction of sp³-hybridized carbons (Fsp3) is 0.500. The maximum atomic E-state index is 11.6. The second kappa shape index (κ2) is 6.40. The second-order valence-corrected chi connectivity index (χ2v) is 4.58. The third-order valence-corrected chi connectivity index (χ3v) is 2.53. The predicted octanol–water partition coefficient (Wildman–Crippen LogP) is 2.12. The van der Waals surface area contributed by atoms with Crippen molar-refractivity contribution in [1.29, 1.82) is 0 Å². The van der Waals surface area contributed by atoms with Crippen LogP contribution in [0.3, 0.4) is 0 Å². The molecule has 0 fully saturated rings. The summed E-state index contributed by atoms with van der Waals surface area (Å²) in [4.78, 5) is 11.6. The summed E-state index contributed by atoms with van der Waals surface area (Å²) >= 11 is 0. The van der Waals surface area contributed by atoms with E-state index in [1.54, 1.807) is 13.8 Å². The van der Waals surface area contributed by atoms with Crippen LogP contribution in [0, 0.1) is 0 Å². The molecule has 0 aromatic heterocycles. The molecule has 2 atom stereocenters. The van der Waals surface area contributed by atoms with E-state index in [1.165, 1.54) is 0 Å². The summed E-state index contributed by atoms with van der Waals surface area (Å²) < 4.78 is 10.6. The molecule has 18 heavy (non-hydrogen) atoms. The minimum Gasteiger partial charge on any atom is -0.491 e. The first-order valence-electron chi connectivity index (χ1n) is 6.13. The molecule has 1 rings (SSSR count). The Morgan fingerprint density at radius 3 is 2.56 bits per heavy atom. The average molecular weight is 251 g/mol. The number of para-hydroxylation sites is 1. The number of rotatable bonds is 6. The van der Waals surface area contributed by atoms with E-state index in [4.69, 9.17) is 15.2 Å². The highest BCUT2D eigenvalue weighted by atomic mass is 16.5. The molecule has 0 saturated carbocycles. The number of nitrogens with two attached hydrogens (primary N) is 1. The van der Waals surface area contributed by atoms with Crippen molar-refractivity contribution >= 4 is 5.97 Å². The zero-order valence-corrected chi connectivity index (χ0v) is 11.2. The van der Waals surface area contributed by atoms with Gasteiger partial charge in [-0.15, -0.1) is 0 Å². The lowest BCUT2D eigenvalue weighted by Crippen LogP contribution is -2.49. The van der Waals surface area contributed by atoms with Crippen molar-refractivity contribution in [2.24, 2.45) is 5.73 Å². The highest BCUT2D eigenvalue weighted by Gasteiger charge is 2.32. The molecule has 1 aromatic carbocycles. The number of hydrogen-bond acceptors (Lipinski definition) is 4. The molecule has 0 aliphatic rings. The summed E-state index contributed by atoms with van der Waals surface area (Å²) in [5, 5.41) is 0. The van der Waals surface area contributed by atoms with Crippen molar-refractivity contribution < 1.29 is 14.3 Å². The van der Waals surface area contributed by atoms with Gasteiger partial charge in [0.15, 0.2) is 0 Å². The zero-order valence-electron chi connectivity index (χ0n) is 11.2. The molecule has 0 heterocycles. The number of ether oxygens (including phenoxy) is 2. The smallest absolute Gasteiger partial charge is 0.325 e. The van der Waals surface area contributed by atoms with E-state index in [1.807, 2.05) is 37.3 Å². The topological polar surface area (TPSA) is 61.5 Å². The van der Waals surface area contributed by atoms with E-state index in [0.29, 0.717) is 13.0 Å². The molecule has 0 spiro atoms. The van der Waals surface area contributed by atoms with Crippen molar-refractivity contribution in [2.75, 3.05) is 6.61 Å². The lowest BCUT2D eigenvalue weighted by Gasteiger charge is -2.26. The Hall–Kier alpha value is -1.55. The van der Waals surface area contributed by atoms with Gasteiger partial charge >= 0.3 is 5.97 Å². The summed E-state index contributed by atoms with van der Waals surface area (Å²) in [5.74, 6) is 0.373. The van der Waals surface area contributed by atoms with Crippen LogP contribution in [-0.4, -0.2) is 24.2 Å². The number of esters is 1. The first kappa shape index (κ1) is 14.5. The molecule has 0 aliphatic carbocycles. The molecule has 0 radical (unpaired) electrons. The molecule has 4 nitrogen and oxygen atoms in total. The maximum absolute atomic E-state index is 11.6. The van der Waals surface area contributed by atoms with Crippen molar-refractivity contribution in [3.05, 3.63) is 30.3 Å². The van der Waals surface area contributed by atoms with Gasteiger partial charge in [-0.25, -0.2) is 0 Å². The third kappa shape index (κ3) is 4.37. The van der Waals surface area contributed by atoms with Crippen molar-refractivity contribution in [3.8, 4) is 5.75 Å². The van der Waals surface area contributed by atoms with Crippen LogP contribution < -0.4 is 10.5 Å². The van der Waals surface area contributed by atoms with Gasteiger partial charge in [0.05, 0.1) is 12.7 Å². The van der Waals surface area contributed by atoms with Gasteiger partial charge < -0.3 is 15.2 Å². The van der Waals surface area contributed by atoms with Gasteiger partial charge in [-0.05, 0) is 32.9 Å². The summed E-state index contributed by atoms with van der Waals surface area (Å²) in [6.07, 6.45) is 0.243. The van der Waals surface area contributed by atoms with E-state index in [-0.39, 0.29) is 6.10 Å². The van der Waals surface area contributed by atoms with Gasteiger partial charge in [-0.2, -0.15) is 0 Å². The Bertz CT molecular complexity index is 376. The molecule has 4 heteroatoms. The molecule has 1 aromatic rings. The zero-order chi connectivity index (χ0) is 13.6. The molecular formula is C14H21NO3. The van der Waals surface area contributed by atoms with Gasteiger partial charge in [-0.1, -0.05) is 18.2 Å². The standard InChI is InChI=1S/C14H21NO3/c1-4-17-13(16)14(3,15)10-11(2)18-12-8-6-5-7-9-12/h5-9,11H,4,10,15H2,1-3H3. The number of hydrogen-bond donors (Lipinski definition) is 1. The van der Waals surface area contributed by atoms with Crippen molar-refractivity contribution in [1.82, 2.24) is 0 Å². The van der Waals surface area contributed by atoms with E-state index < -0.39 is 11.5 Å². The lowest BCUT2D eigenvalue weighted by atomic mass is 9.96. The molecular weight excluding hydrogens is 230 g/mol. The first-order valence-corrected chi connectivity index (χ1v) is 6.13. The lowest BCUT2D eigenvalue weighted by molar-refractivity contribution is -0.149. The van der Waals surface area contributed by atoms with Crippen LogP contribution >= 0.6 is 0 Å². The fourth-order valence-corrected chi connectivity index (χ4v) is 1.75. The average Bonchev–Trinajstić information content (AvgIpc) is 2.29. The summed E-state index contributed by atoms with van der Waals surface area (Å²) in [7, 11) is 0. The highest BCUT2D eigenvalue weighted by Crippen LogP contribution is 2.17. The van der Waals surface area contributed by atoms with Gasteiger partial charge in [0.2, 0.25) is 0 Å². The van der Waals surface area contributed by atoms with Crippen LogP contribution in [0.1, 0.15) is 27.2 Å². The summed E-state index contributed by atoms with van der Waals surface area (Å²) in [6.45, 7) is 5.64. The predicted molar refractivity (Wildman–Crippen MR) is 70.4 cm³/mol. The van der Waals surface area contributed by atoms with Gasteiger partial charge in [0, 0.05) is 6.42 Å². The third-order valence-electron chi connectivity index (χ3n) is 2.53. The molecule has 2 unspecified atom stereocenters. The van der Waals surface area contributed by atoms with Crippen LogP contribution in [0.25, 0.3) is 0 Å². The maximum Gasteiger partial charge on any atom is 0.325 e. The SMILES string of the molecule is CCOC(=O)C(C)(N)CC(C)Oc1ccccc1. The van der Waals surface area contributed by atoms with E-state index in [0.717, 1.165) is 5.75 Å². The van der Waals surface area contributed by atoms with Crippen LogP contribution in [-0.2, 0) is 9.53 Å². The van der Waals surface area contributed by atoms with Crippen LogP contribution in [0.2, 0.25) is 0 Å². The van der Waals surface area contributed by atoms with Crippen LogP contribution in [0.15, 0.2) is 30.3 Å². The largest absolute Gasteiger partial charge is 0.491 e. The van der Waals surface area contributed by atoms with E-state index >= 15 is 0 Å². The molecule has 0 aliphatic heterocycles. The molecule has 0 saturated heterocycles. The Kier molecular flexibility index (Phi) is 5.16. The Balaban J connectivity index is 2.53. The summed E-state index contributed by atoms with van der Waals surface area (Å²) in [6, 6.07) is 9.46. The van der Waals surface area contributed by atoms with Gasteiger partial charge in [0.1, 0.15) is 11.3 Å². The summed E-state index contributed by atoms with van der Waals surface area (Å²) in [5.41, 5.74) is 4.92. The minimum absolute atomic E-state index is 0.160. The van der Waals surface area contributed by atoms with Gasteiger partial charge in [0.25, 0.3) is 0 Å². The van der Waals surface area contributed by atoms with Crippen molar-refractivity contribution in [3.63, 3.8) is 0 Å². The molecule has 0 bridgehead atoms. The van der Waals surface area contributed by atoms with Crippen molar-refractivity contribution in [2.45, 2.75) is 38.8 Å². The van der Waals surface area contributed by atoms with E-state index in [9.17, 15) is 4.79 Å². The molecule has 0 amide bonds. The van der Waals surface area contributed by atoms with Gasteiger partial charge in [-0.3, -0.25) is 4.79 Å². The fourth-order valence-electron chi connectivity index (χ4n) is 1.75. The molecule has 100 valence electrons. The van der Waals surface area contributed by atoms with Crippen LogP contribution in [0.5, 0.6) is 5.75 Å². The number of carbonyl (C=O) groups is 1. The second-order valence-electron chi connectivity index (χ2n) is 4.58. The Morgan fingerprint density at radius 1 is 1.39 bits per heavy atom. The van der Waals surface area contributed by atoms with Crippen LogP contribution in [0.4, 0.5) is 0 Å².